The zero-order chi connectivity index (χ0) is 29.9. The van der Waals surface area contributed by atoms with Crippen LogP contribution in [-0.2, 0) is 34.0 Å². The summed E-state index contributed by atoms with van der Waals surface area (Å²) >= 11 is 0. The normalized spacial score (nSPS) is 22.0. The van der Waals surface area contributed by atoms with Gasteiger partial charge in [0.25, 0.3) is 23.5 Å². The lowest BCUT2D eigenvalue weighted by Crippen LogP contribution is -2.79. The molecule has 0 radical (unpaired) electrons. The minimum absolute atomic E-state index is 0.0582. The van der Waals surface area contributed by atoms with Crippen molar-refractivity contribution in [3.8, 4) is 23.0 Å². The van der Waals surface area contributed by atoms with E-state index in [1.165, 1.54) is 18.2 Å². The van der Waals surface area contributed by atoms with E-state index >= 15 is 4.39 Å². The topological polar surface area (TPSA) is 230 Å². The lowest BCUT2D eigenvalue weighted by molar-refractivity contribution is -0.355. The van der Waals surface area contributed by atoms with Crippen molar-refractivity contribution in [1.82, 2.24) is 15.1 Å². The number of aromatic hydroxyl groups is 3. The molecule has 0 spiro atoms. The van der Waals surface area contributed by atoms with Crippen LogP contribution in [0.1, 0.15) is 27.0 Å². The summed E-state index contributed by atoms with van der Waals surface area (Å²) in [5.74, 6) is -15.6. The van der Waals surface area contributed by atoms with Gasteiger partial charge in [-0.05, 0) is 12.1 Å². The first-order valence-electron chi connectivity index (χ1n) is 12.3. The van der Waals surface area contributed by atoms with Crippen molar-refractivity contribution in [3.05, 3.63) is 46.3 Å². The van der Waals surface area contributed by atoms with Crippen molar-refractivity contribution >= 4 is 17.7 Å². The van der Waals surface area contributed by atoms with Gasteiger partial charge in [0.2, 0.25) is 0 Å². The summed E-state index contributed by atoms with van der Waals surface area (Å²) in [5.41, 5.74) is -0.848. The van der Waals surface area contributed by atoms with Crippen LogP contribution in [-0.4, -0.2) is 107 Å². The summed E-state index contributed by atoms with van der Waals surface area (Å²) in [6.07, 6.45) is 0. The number of aliphatic hydroxyl groups is 4. The summed E-state index contributed by atoms with van der Waals surface area (Å²) in [6.45, 7) is 0.406. The number of carbonyl (C=O) groups excluding carboxylic acids is 3. The zero-order valence-corrected chi connectivity index (χ0v) is 21.2. The molecule has 3 aliphatic heterocycles. The van der Waals surface area contributed by atoms with Crippen molar-refractivity contribution in [3.63, 3.8) is 0 Å². The maximum Gasteiger partial charge on any atom is 0.303 e. The van der Waals surface area contributed by atoms with Gasteiger partial charge in [0, 0.05) is 30.8 Å². The molecule has 15 nitrogen and oxygen atoms in total. The van der Waals surface area contributed by atoms with Crippen LogP contribution < -0.4 is 10.1 Å². The van der Waals surface area contributed by atoms with Gasteiger partial charge in [0.1, 0.15) is 12.4 Å². The van der Waals surface area contributed by atoms with Crippen LogP contribution in [0.25, 0.3) is 0 Å². The van der Waals surface area contributed by atoms with E-state index in [1.807, 2.05) is 0 Å². The van der Waals surface area contributed by atoms with E-state index in [1.54, 1.807) is 10.2 Å². The van der Waals surface area contributed by atoms with Gasteiger partial charge in [-0.3, -0.25) is 24.6 Å². The van der Waals surface area contributed by atoms with Crippen LogP contribution in [0.15, 0.2) is 18.2 Å². The van der Waals surface area contributed by atoms with Gasteiger partial charge in [-0.15, -0.1) is 0 Å². The predicted molar refractivity (Wildman–Crippen MR) is 129 cm³/mol. The number of ether oxygens (including phenoxy) is 2. The number of rotatable bonds is 6. The average Bonchev–Trinajstić information content (AvgIpc) is 3.26. The monoisotopic (exact) mass is 579 g/mol. The first-order valence-corrected chi connectivity index (χ1v) is 12.3. The first kappa shape index (κ1) is 28.5. The minimum Gasteiger partial charge on any atom is -0.504 e. The first-order chi connectivity index (χ1) is 19.3. The molecule has 0 aliphatic carbocycles. The Hall–Kier alpha value is -4.06. The number of hydrogen-bond acceptors (Lipinski definition) is 13. The summed E-state index contributed by atoms with van der Waals surface area (Å²) in [4.78, 5) is 39.6. The number of amides is 3. The Bertz CT molecular complexity index is 1410. The summed E-state index contributed by atoms with van der Waals surface area (Å²) in [7, 11) is 0. The molecule has 2 aromatic rings. The Balaban J connectivity index is 1.40. The van der Waals surface area contributed by atoms with Crippen molar-refractivity contribution in [2.24, 2.45) is 0 Å². The van der Waals surface area contributed by atoms with E-state index in [0.29, 0.717) is 31.2 Å². The lowest BCUT2D eigenvalue weighted by Gasteiger charge is -2.44. The second-order valence-corrected chi connectivity index (χ2v) is 9.83. The van der Waals surface area contributed by atoms with E-state index < -0.39 is 77.1 Å². The lowest BCUT2D eigenvalue weighted by atomic mass is 9.90. The molecule has 1 unspecified atom stereocenters. The molecule has 5 rings (SSSR count). The Morgan fingerprint density at radius 2 is 1.66 bits per heavy atom. The van der Waals surface area contributed by atoms with Gasteiger partial charge in [-0.2, -0.15) is 0 Å². The van der Waals surface area contributed by atoms with Crippen molar-refractivity contribution < 1.29 is 64.0 Å². The number of hydrogen-bond donors (Lipinski definition) is 8. The van der Waals surface area contributed by atoms with E-state index in [9.17, 15) is 50.1 Å². The number of piperidine rings is 1. The number of halogens is 1. The highest BCUT2D eigenvalue weighted by atomic mass is 19.1. The van der Waals surface area contributed by atoms with Crippen LogP contribution in [0.3, 0.4) is 0 Å². The fraction of sp³-hybridized carbons (Fsp3) is 0.400. The van der Waals surface area contributed by atoms with Crippen LogP contribution in [0.5, 0.6) is 23.0 Å². The number of phenolic OH excluding ortho intramolecular Hbond substituents is 3. The molecule has 16 heteroatoms. The molecule has 8 N–H and O–H groups in total. The number of imide groups is 1. The van der Waals surface area contributed by atoms with E-state index in [0.717, 1.165) is 0 Å². The van der Waals surface area contributed by atoms with Crippen molar-refractivity contribution in [1.29, 1.82) is 0 Å². The minimum atomic E-state index is -3.84. The average molecular weight is 579 g/mol. The molecule has 3 aliphatic rings. The fourth-order valence-corrected chi connectivity index (χ4v) is 5.03. The number of benzene rings is 2. The van der Waals surface area contributed by atoms with Gasteiger partial charge in [0.05, 0.1) is 30.9 Å². The number of morpholine rings is 1. The standard InChI is InChI=1S/C25H26FN3O12/c26-16-14(19(32)18(31)13(17(16)30)8-28-4-6-40-7-5-28)10-41-15-3-1-2-11-12(15)9-29(22(11)34)20-21(33)27-23(35)25(38,39)24(20,36)37/h1-3,20,30-32,36-39H,4-10H2,(H,27,33,35). The molecular formula is C25H26FN3O12. The third-order valence-electron chi connectivity index (χ3n) is 7.37. The van der Waals surface area contributed by atoms with Gasteiger partial charge in [-0.1, -0.05) is 6.07 Å². The largest absolute Gasteiger partial charge is 0.504 e. The fourth-order valence-electron chi connectivity index (χ4n) is 5.03. The van der Waals surface area contributed by atoms with Gasteiger partial charge in [-0.25, -0.2) is 4.39 Å². The van der Waals surface area contributed by atoms with Gasteiger partial charge in [0.15, 0.2) is 29.1 Å². The molecule has 0 bridgehead atoms. The Labute approximate surface area is 230 Å². The van der Waals surface area contributed by atoms with E-state index in [4.69, 9.17) is 9.47 Å². The Morgan fingerprint density at radius 1 is 1.00 bits per heavy atom. The number of nitrogens with zero attached hydrogens (tertiary/aromatic N) is 2. The van der Waals surface area contributed by atoms with Crippen LogP contribution in [0, 0.1) is 5.82 Å². The van der Waals surface area contributed by atoms with Crippen LogP contribution in [0.2, 0.25) is 0 Å². The number of carbonyl (C=O) groups is 3. The smallest absolute Gasteiger partial charge is 0.303 e. The highest BCUT2D eigenvalue weighted by Crippen LogP contribution is 2.43. The maximum absolute atomic E-state index is 15.2. The van der Waals surface area contributed by atoms with Crippen molar-refractivity contribution in [2.45, 2.75) is 37.3 Å². The quantitative estimate of drug-likeness (QED) is 0.0780. The van der Waals surface area contributed by atoms with E-state index in [2.05, 4.69) is 0 Å². The SMILES string of the molecule is O=C1NC(=O)C(O)(O)C(O)(O)C1N1Cc2c(OCc3c(O)c(O)c(CN4CCOCC4)c(O)c3F)cccc2C1=O. The zero-order valence-electron chi connectivity index (χ0n) is 21.2. The molecular weight excluding hydrogens is 553 g/mol. The number of fused-ring (bicyclic) bond motifs is 1. The number of phenols is 3. The Morgan fingerprint density at radius 3 is 2.34 bits per heavy atom. The molecule has 0 aromatic heterocycles. The molecule has 0 saturated carbocycles. The summed E-state index contributed by atoms with van der Waals surface area (Å²) < 4.78 is 26.0. The predicted octanol–water partition coefficient (Wildman–Crippen LogP) is -2.30. The van der Waals surface area contributed by atoms with Gasteiger partial charge < -0.3 is 50.1 Å². The molecule has 41 heavy (non-hydrogen) atoms. The molecule has 220 valence electrons. The summed E-state index contributed by atoms with van der Waals surface area (Å²) in [5, 5.41) is 73.6. The summed E-state index contributed by atoms with van der Waals surface area (Å²) in [6, 6.07) is 1.66. The van der Waals surface area contributed by atoms with Crippen LogP contribution >= 0.6 is 0 Å². The van der Waals surface area contributed by atoms with Gasteiger partial charge >= 0.3 is 5.79 Å². The highest BCUT2D eigenvalue weighted by molar-refractivity contribution is 6.08. The second-order valence-electron chi connectivity index (χ2n) is 9.83. The van der Waals surface area contributed by atoms with E-state index in [-0.39, 0.29) is 29.0 Å². The highest BCUT2D eigenvalue weighted by Gasteiger charge is 2.67. The number of nitrogens with one attached hydrogen (secondary N) is 1. The maximum atomic E-state index is 15.2. The molecule has 3 heterocycles. The molecule has 1 atom stereocenters. The molecule has 2 saturated heterocycles. The van der Waals surface area contributed by atoms with Crippen molar-refractivity contribution in [2.75, 3.05) is 26.3 Å². The molecule has 2 fully saturated rings. The van der Waals surface area contributed by atoms with Crippen LogP contribution in [0.4, 0.5) is 4.39 Å². The Kier molecular flexibility index (Phi) is 7.01. The third-order valence-corrected chi connectivity index (χ3v) is 7.37. The second kappa shape index (κ2) is 10.1. The molecule has 3 amide bonds. The third kappa shape index (κ3) is 4.50. The molecule has 2 aromatic carbocycles.